The first-order valence-electron chi connectivity index (χ1n) is 10.3. The summed E-state index contributed by atoms with van der Waals surface area (Å²) >= 11 is 2.27. The van der Waals surface area contributed by atoms with E-state index in [0.29, 0.717) is 24.1 Å². The number of carbonyl (C=O) groups is 1. The number of amides is 1. The molecule has 1 atom stereocenters. The summed E-state index contributed by atoms with van der Waals surface area (Å²) in [5.74, 6) is -1.17. The van der Waals surface area contributed by atoms with Crippen LogP contribution in [0.25, 0.3) is 0 Å². The van der Waals surface area contributed by atoms with E-state index in [1.807, 2.05) is 24.4 Å². The first kappa shape index (κ1) is 23.5. The lowest BCUT2D eigenvalue weighted by atomic mass is 9.92. The minimum absolute atomic E-state index is 0.122. The van der Waals surface area contributed by atoms with Gasteiger partial charge in [0.1, 0.15) is 11.6 Å². The number of carbonyl (C=O) groups excluding carboxylic acids is 1. The van der Waals surface area contributed by atoms with E-state index < -0.39 is 23.5 Å². The van der Waals surface area contributed by atoms with E-state index in [1.54, 1.807) is 12.1 Å². The normalized spacial score (nSPS) is 15.8. The van der Waals surface area contributed by atoms with Gasteiger partial charge in [0, 0.05) is 33.6 Å². The lowest BCUT2D eigenvalue weighted by Crippen LogP contribution is -2.35. The third kappa shape index (κ3) is 4.83. The molecule has 0 radical (unpaired) electrons. The second-order valence-corrected chi connectivity index (χ2v) is 8.63. The second kappa shape index (κ2) is 9.28. The Bertz CT molecular complexity index is 1180. The van der Waals surface area contributed by atoms with Gasteiger partial charge in [0.2, 0.25) is 0 Å². The number of nitrogens with zero attached hydrogens (tertiary/aromatic N) is 2. The Morgan fingerprint density at radius 1 is 1.21 bits per heavy atom. The number of anilines is 3. The third-order valence-electron chi connectivity index (χ3n) is 5.65. The Balaban J connectivity index is 1.67. The predicted molar refractivity (Wildman–Crippen MR) is 128 cm³/mol. The molecule has 3 aromatic rings. The summed E-state index contributed by atoms with van der Waals surface area (Å²) in [6.07, 6.45) is -1.61. The van der Waals surface area contributed by atoms with Crippen LogP contribution in [0.3, 0.4) is 0 Å². The van der Waals surface area contributed by atoms with Gasteiger partial charge in [0.25, 0.3) is 5.91 Å². The van der Waals surface area contributed by atoms with E-state index in [4.69, 9.17) is 0 Å². The van der Waals surface area contributed by atoms with Crippen LogP contribution in [0.1, 0.15) is 40.4 Å². The maximum Gasteiger partial charge on any atom is 0.419 e. The number of benzene rings is 2. The molecule has 2 aromatic carbocycles. The summed E-state index contributed by atoms with van der Waals surface area (Å²) in [4.78, 5) is 19.7. The Hall–Kier alpha value is -2.69. The van der Waals surface area contributed by atoms with Crippen molar-refractivity contribution in [3.63, 3.8) is 0 Å². The lowest BCUT2D eigenvalue weighted by Gasteiger charge is -2.37. The van der Waals surface area contributed by atoms with Crippen molar-refractivity contribution >= 4 is 45.7 Å². The molecule has 4 nitrogen and oxygen atoms in total. The van der Waals surface area contributed by atoms with Crippen molar-refractivity contribution in [1.29, 1.82) is 0 Å². The van der Waals surface area contributed by atoms with Gasteiger partial charge in [0.15, 0.2) is 0 Å². The van der Waals surface area contributed by atoms with Crippen LogP contribution in [-0.2, 0) is 17.0 Å². The number of nitrogens with one attached hydrogen (secondary N) is 1. The molecule has 9 heteroatoms. The highest BCUT2D eigenvalue weighted by Gasteiger charge is 2.34. The molecule has 33 heavy (non-hydrogen) atoms. The number of pyridine rings is 1. The Kier molecular flexibility index (Phi) is 6.60. The zero-order chi connectivity index (χ0) is 23.8. The molecule has 1 aliphatic rings. The summed E-state index contributed by atoms with van der Waals surface area (Å²) < 4.78 is 53.6. The quantitative estimate of drug-likeness (QED) is 0.211. The fourth-order valence-electron chi connectivity index (χ4n) is 4.00. The Morgan fingerprint density at radius 3 is 2.67 bits per heavy atom. The van der Waals surface area contributed by atoms with Gasteiger partial charge in [0.05, 0.1) is 5.56 Å². The van der Waals surface area contributed by atoms with Gasteiger partial charge in [-0.25, -0.2) is 9.37 Å². The van der Waals surface area contributed by atoms with E-state index in [-0.39, 0.29) is 11.7 Å². The average Bonchev–Trinajstić information content (AvgIpc) is 2.79. The van der Waals surface area contributed by atoms with Gasteiger partial charge in [-0.2, -0.15) is 13.2 Å². The molecule has 0 saturated heterocycles. The lowest BCUT2D eigenvalue weighted by molar-refractivity contribution is -0.139. The summed E-state index contributed by atoms with van der Waals surface area (Å²) in [6, 6.07) is 11.8. The van der Waals surface area contributed by atoms with Crippen LogP contribution in [-0.4, -0.2) is 16.9 Å². The number of alkyl halides is 4. The van der Waals surface area contributed by atoms with Crippen LogP contribution in [0.4, 0.5) is 34.8 Å². The van der Waals surface area contributed by atoms with E-state index in [9.17, 15) is 22.4 Å². The van der Waals surface area contributed by atoms with Gasteiger partial charge in [-0.3, -0.25) is 4.79 Å². The number of hydrogen-bond donors (Lipinski definition) is 1. The highest BCUT2D eigenvalue weighted by Crippen LogP contribution is 2.38. The maximum absolute atomic E-state index is 13.6. The molecule has 172 valence electrons. The van der Waals surface area contributed by atoms with Crippen LogP contribution < -0.4 is 10.2 Å². The van der Waals surface area contributed by atoms with Gasteiger partial charge in [-0.05, 0) is 67.3 Å². The van der Waals surface area contributed by atoms with Crippen molar-refractivity contribution in [3.05, 3.63) is 82.8 Å². The first-order chi connectivity index (χ1) is 15.7. The largest absolute Gasteiger partial charge is 0.419 e. The van der Waals surface area contributed by atoms with Crippen molar-refractivity contribution in [2.75, 3.05) is 10.2 Å². The second-order valence-electron chi connectivity index (χ2n) is 7.87. The summed E-state index contributed by atoms with van der Waals surface area (Å²) in [7, 11) is 0. The molecule has 1 aliphatic heterocycles. The van der Waals surface area contributed by atoms with Gasteiger partial charge < -0.3 is 10.2 Å². The SMILES string of the molecule is C[C@H]1CCc2c(C(=O)Nc3ccc(F)c(C(F)(F)F)c3)cccc2N1c1ccc(CI)cn1. The van der Waals surface area contributed by atoms with Crippen molar-refractivity contribution < 1.29 is 22.4 Å². The molecule has 2 heterocycles. The molecule has 4 rings (SSSR count). The molecule has 0 aliphatic carbocycles. The molecular weight excluding hydrogens is 549 g/mol. The molecule has 1 amide bonds. The fraction of sp³-hybridized carbons (Fsp3) is 0.250. The Morgan fingerprint density at radius 2 is 2.00 bits per heavy atom. The van der Waals surface area contributed by atoms with Crippen molar-refractivity contribution in [2.45, 2.75) is 36.4 Å². The molecule has 1 aromatic heterocycles. The monoisotopic (exact) mass is 569 g/mol. The van der Waals surface area contributed by atoms with Crippen LogP contribution >= 0.6 is 22.6 Å². The molecule has 0 unspecified atom stereocenters. The van der Waals surface area contributed by atoms with E-state index in [2.05, 4.69) is 44.7 Å². The number of fused-ring (bicyclic) bond motifs is 1. The van der Waals surface area contributed by atoms with Crippen molar-refractivity contribution in [3.8, 4) is 0 Å². The smallest absolute Gasteiger partial charge is 0.323 e. The minimum atomic E-state index is -4.85. The Labute approximate surface area is 202 Å². The van der Waals surface area contributed by atoms with Crippen LogP contribution in [0, 0.1) is 5.82 Å². The van der Waals surface area contributed by atoms with E-state index in [0.717, 1.165) is 39.5 Å². The fourth-order valence-corrected chi connectivity index (χ4v) is 4.45. The van der Waals surface area contributed by atoms with Crippen LogP contribution in [0.15, 0.2) is 54.7 Å². The van der Waals surface area contributed by atoms with Gasteiger partial charge >= 0.3 is 6.18 Å². The number of rotatable bonds is 4. The van der Waals surface area contributed by atoms with Gasteiger partial charge in [-0.15, -0.1) is 0 Å². The van der Waals surface area contributed by atoms with Crippen molar-refractivity contribution in [2.24, 2.45) is 0 Å². The molecule has 0 saturated carbocycles. The number of aromatic nitrogens is 1. The molecule has 0 bridgehead atoms. The highest BCUT2D eigenvalue weighted by molar-refractivity contribution is 14.1. The zero-order valence-electron chi connectivity index (χ0n) is 17.6. The summed E-state index contributed by atoms with van der Waals surface area (Å²) in [6.45, 7) is 2.08. The first-order valence-corrected chi connectivity index (χ1v) is 11.8. The topological polar surface area (TPSA) is 45.2 Å². The van der Waals surface area contributed by atoms with Crippen LogP contribution in [0.2, 0.25) is 0 Å². The molecule has 1 N–H and O–H groups in total. The summed E-state index contributed by atoms with van der Waals surface area (Å²) in [5, 5.41) is 2.49. The van der Waals surface area contributed by atoms with E-state index >= 15 is 0 Å². The minimum Gasteiger partial charge on any atom is -0.323 e. The number of halogens is 5. The predicted octanol–water partition coefficient (Wildman–Crippen LogP) is 6.90. The number of hydrogen-bond acceptors (Lipinski definition) is 3. The molecular formula is C24H20F4IN3O. The zero-order valence-corrected chi connectivity index (χ0v) is 19.7. The van der Waals surface area contributed by atoms with Crippen LogP contribution in [0.5, 0.6) is 0 Å². The highest BCUT2D eigenvalue weighted by atomic mass is 127. The summed E-state index contributed by atoms with van der Waals surface area (Å²) in [5.41, 5.74) is 1.57. The van der Waals surface area contributed by atoms with E-state index in [1.165, 1.54) is 0 Å². The average molecular weight is 569 g/mol. The standard InChI is InChI=1S/C24H20F4IN3O/c1-14-5-8-17-18(23(33)31-16-7-9-20(25)19(11-16)24(26,27)28)3-2-4-21(17)32(14)22-10-6-15(12-29)13-30-22/h2-4,6-7,9-11,13-14H,5,8,12H2,1H3,(H,31,33)/t14-/m0/s1. The maximum atomic E-state index is 13.6. The van der Waals surface area contributed by atoms with Crippen molar-refractivity contribution in [1.82, 2.24) is 4.98 Å². The van der Waals surface area contributed by atoms with Gasteiger partial charge in [-0.1, -0.05) is 34.7 Å². The molecule has 0 spiro atoms. The molecule has 0 fully saturated rings. The third-order valence-corrected chi connectivity index (χ3v) is 6.53.